The second-order valence-corrected chi connectivity index (χ2v) is 5.36. The molecule has 2 unspecified atom stereocenters. The summed E-state index contributed by atoms with van der Waals surface area (Å²) in [5.74, 6) is 0.553. The molecule has 1 aliphatic rings. The van der Waals surface area contributed by atoms with Crippen LogP contribution in [0.25, 0.3) is 11.0 Å². The van der Waals surface area contributed by atoms with Gasteiger partial charge in [-0.1, -0.05) is 29.1 Å². The number of nitrogens with zero attached hydrogens (tertiary/aromatic N) is 3. The minimum absolute atomic E-state index is 0.0350. The van der Waals surface area contributed by atoms with Gasteiger partial charge in [-0.15, -0.1) is 5.10 Å². The number of hydrogen-bond donors (Lipinski definition) is 3. The summed E-state index contributed by atoms with van der Waals surface area (Å²) in [6.07, 6.45) is 0.0160. The highest BCUT2D eigenvalue weighted by atomic mass is 32.2. The molecule has 0 aliphatic carbocycles. The number of amides is 1. The van der Waals surface area contributed by atoms with E-state index >= 15 is 0 Å². The fraction of sp³-hybridized carbons (Fsp3) is 0.364. The normalized spacial score (nSPS) is 23.5. The Morgan fingerprint density at radius 1 is 1.47 bits per heavy atom. The average molecular weight is 278 g/mol. The smallest absolute Gasteiger partial charge is 0.224 e. The van der Waals surface area contributed by atoms with Crippen LogP contribution < -0.4 is 16.4 Å². The Morgan fingerprint density at radius 3 is 3.16 bits per heavy atom. The van der Waals surface area contributed by atoms with Gasteiger partial charge in [0.2, 0.25) is 5.91 Å². The van der Waals surface area contributed by atoms with Gasteiger partial charge in [-0.05, 0) is 12.1 Å². The lowest BCUT2D eigenvalue weighted by atomic mass is 10.3. The number of carbonyl (C=O) groups is 1. The molecule has 1 aromatic carbocycles. The summed E-state index contributed by atoms with van der Waals surface area (Å²) in [6, 6.07) is 7.76. The second kappa shape index (κ2) is 5.16. The van der Waals surface area contributed by atoms with E-state index in [1.807, 2.05) is 24.3 Å². The van der Waals surface area contributed by atoms with Crippen molar-refractivity contribution in [3.05, 3.63) is 24.3 Å². The third-order valence-electron chi connectivity index (χ3n) is 2.85. The molecule has 0 bridgehead atoms. The van der Waals surface area contributed by atoms with Crippen molar-refractivity contribution in [1.82, 2.24) is 25.6 Å². The Kier molecular flexibility index (Phi) is 3.36. The van der Waals surface area contributed by atoms with Gasteiger partial charge in [-0.25, -0.2) is 4.68 Å². The first-order valence-corrected chi connectivity index (χ1v) is 6.98. The Balaban J connectivity index is 1.67. The van der Waals surface area contributed by atoms with Gasteiger partial charge in [0.25, 0.3) is 0 Å². The van der Waals surface area contributed by atoms with Crippen molar-refractivity contribution in [3.8, 4) is 0 Å². The highest BCUT2D eigenvalue weighted by molar-refractivity contribution is 7.98. The molecule has 1 aromatic heterocycles. The van der Waals surface area contributed by atoms with Crippen LogP contribution in [0, 0.1) is 0 Å². The van der Waals surface area contributed by atoms with Crippen LogP contribution in [-0.2, 0) is 10.7 Å². The number of hydrogen-bond acceptors (Lipinski definition) is 6. The maximum Gasteiger partial charge on any atom is 0.224 e. The van der Waals surface area contributed by atoms with Gasteiger partial charge in [0.15, 0.2) is 0 Å². The van der Waals surface area contributed by atoms with Crippen molar-refractivity contribution in [2.24, 2.45) is 5.73 Å². The Morgan fingerprint density at radius 2 is 2.32 bits per heavy atom. The van der Waals surface area contributed by atoms with Crippen molar-refractivity contribution >= 4 is 28.7 Å². The largest absolute Gasteiger partial charge is 0.332 e. The van der Waals surface area contributed by atoms with E-state index in [1.54, 1.807) is 4.68 Å². The topological polar surface area (TPSA) is 97.9 Å². The van der Waals surface area contributed by atoms with E-state index in [-0.39, 0.29) is 17.6 Å². The van der Waals surface area contributed by atoms with Crippen LogP contribution in [0.4, 0.5) is 0 Å². The molecule has 8 heteroatoms. The molecular weight excluding hydrogens is 264 g/mol. The van der Waals surface area contributed by atoms with Crippen LogP contribution in [0.1, 0.15) is 6.42 Å². The fourth-order valence-corrected chi connectivity index (χ4v) is 2.91. The van der Waals surface area contributed by atoms with Gasteiger partial charge in [0.1, 0.15) is 11.0 Å². The molecule has 7 nitrogen and oxygen atoms in total. The molecule has 0 radical (unpaired) electrons. The zero-order chi connectivity index (χ0) is 13.2. The first-order valence-electron chi connectivity index (χ1n) is 5.93. The summed E-state index contributed by atoms with van der Waals surface area (Å²) in [5.41, 5.74) is 7.37. The minimum atomic E-state index is -0.293. The molecule has 2 aromatic rings. The SMILES string of the molecule is NC1CC(=O)NC(SCn2nnc3ccccc32)N1. The van der Waals surface area contributed by atoms with Crippen molar-refractivity contribution in [3.63, 3.8) is 0 Å². The van der Waals surface area contributed by atoms with Gasteiger partial charge in [0, 0.05) is 0 Å². The van der Waals surface area contributed by atoms with Crippen LogP contribution in [0.3, 0.4) is 0 Å². The lowest BCUT2D eigenvalue weighted by Crippen LogP contribution is -2.58. The predicted octanol–water partition coefficient (Wildman–Crippen LogP) is -0.200. The number of nitrogens with one attached hydrogen (secondary N) is 2. The predicted molar refractivity (Wildman–Crippen MR) is 72.8 cm³/mol. The molecule has 1 amide bonds. The Labute approximate surface area is 113 Å². The third kappa shape index (κ3) is 2.70. The minimum Gasteiger partial charge on any atom is -0.332 e. The second-order valence-electron chi connectivity index (χ2n) is 4.30. The fourth-order valence-electron chi connectivity index (χ4n) is 1.95. The highest BCUT2D eigenvalue weighted by Gasteiger charge is 2.23. The standard InChI is InChI=1S/C11H14N6OS/c12-9-5-10(18)14-11(13-9)19-6-17-8-4-2-1-3-7(8)15-16-17/h1-4,9,11,13H,5-6,12H2,(H,14,18). The van der Waals surface area contributed by atoms with Crippen LogP contribution >= 0.6 is 11.8 Å². The summed E-state index contributed by atoms with van der Waals surface area (Å²) in [5, 5.41) is 14.1. The molecule has 100 valence electrons. The van der Waals surface area contributed by atoms with E-state index in [0.717, 1.165) is 11.0 Å². The van der Waals surface area contributed by atoms with E-state index < -0.39 is 0 Å². The molecule has 0 spiro atoms. The summed E-state index contributed by atoms with van der Waals surface area (Å²) in [7, 11) is 0. The van der Waals surface area contributed by atoms with E-state index in [2.05, 4.69) is 20.9 Å². The van der Waals surface area contributed by atoms with E-state index in [1.165, 1.54) is 11.8 Å². The lowest BCUT2D eigenvalue weighted by Gasteiger charge is -2.28. The zero-order valence-electron chi connectivity index (χ0n) is 10.1. The van der Waals surface area contributed by atoms with E-state index in [0.29, 0.717) is 12.3 Å². The van der Waals surface area contributed by atoms with Crippen molar-refractivity contribution < 1.29 is 4.79 Å². The maximum absolute atomic E-state index is 11.4. The molecule has 19 heavy (non-hydrogen) atoms. The number of fused-ring (bicyclic) bond motifs is 1. The molecular formula is C11H14N6OS. The van der Waals surface area contributed by atoms with E-state index in [4.69, 9.17) is 5.73 Å². The third-order valence-corrected chi connectivity index (χ3v) is 3.83. The molecule has 1 fully saturated rings. The molecule has 1 saturated heterocycles. The molecule has 2 atom stereocenters. The van der Waals surface area contributed by atoms with Crippen LogP contribution in [-0.4, -0.2) is 32.6 Å². The van der Waals surface area contributed by atoms with Crippen LogP contribution in [0.2, 0.25) is 0 Å². The number of thioether (sulfide) groups is 1. The van der Waals surface area contributed by atoms with Crippen molar-refractivity contribution in [1.29, 1.82) is 0 Å². The van der Waals surface area contributed by atoms with E-state index in [9.17, 15) is 4.79 Å². The number of aromatic nitrogens is 3. The van der Waals surface area contributed by atoms with Crippen molar-refractivity contribution in [2.45, 2.75) is 24.0 Å². The molecule has 4 N–H and O–H groups in total. The average Bonchev–Trinajstić information content (AvgIpc) is 2.78. The first-order chi connectivity index (χ1) is 9.22. The number of carbonyl (C=O) groups excluding carboxylic acids is 1. The number of rotatable bonds is 3. The maximum atomic E-state index is 11.4. The first kappa shape index (κ1) is 12.4. The van der Waals surface area contributed by atoms with Crippen LogP contribution in [0.5, 0.6) is 0 Å². The monoisotopic (exact) mass is 278 g/mol. The lowest BCUT2D eigenvalue weighted by molar-refractivity contribution is -0.123. The Bertz CT molecular complexity index is 600. The number of benzene rings is 1. The summed E-state index contributed by atoms with van der Waals surface area (Å²) < 4.78 is 1.80. The number of nitrogens with two attached hydrogens (primary N) is 1. The zero-order valence-corrected chi connectivity index (χ0v) is 10.9. The molecule has 1 aliphatic heterocycles. The molecule has 0 saturated carbocycles. The highest BCUT2D eigenvalue weighted by Crippen LogP contribution is 2.16. The van der Waals surface area contributed by atoms with Gasteiger partial charge >= 0.3 is 0 Å². The van der Waals surface area contributed by atoms with Gasteiger partial charge in [-0.3, -0.25) is 10.1 Å². The quantitative estimate of drug-likeness (QED) is 0.719. The van der Waals surface area contributed by atoms with Gasteiger partial charge < -0.3 is 11.1 Å². The molecule has 2 heterocycles. The van der Waals surface area contributed by atoms with Gasteiger partial charge in [0.05, 0.1) is 24.0 Å². The summed E-state index contributed by atoms with van der Waals surface area (Å²) >= 11 is 1.51. The summed E-state index contributed by atoms with van der Waals surface area (Å²) in [6.45, 7) is 0. The van der Waals surface area contributed by atoms with Crippen molar-refractivity contribution in [2.75, 3.05) is 0 Å². The number of para-hydroxylation sites is 1. The van der Waals surface area contributed by atoms with Crippen LogP contribution in [0.15, 0.2) is 24.3 Å². The molecule has 3 rings (SSSR count). The summed E-state index contributed by atoms with van der Waals surface area (Å²) in [4.78, 5) is 11.4. The Hall–Kier alpha value is -1.64. The van der Waals surface area contributed by atoms with Gasteiger partial charge in [-0.2, -0.15) is 0 Å².